The lowest BCUT2D eigenvalue weighted by Gasteiger charge is -2.28. The molecule has 0 atom stereocenters. The number of urea groups is 1. The Kier molecular flexibility index (Phi) is 5.38. The van der Waals surface area contributed by atoms with Crippen molar-refractivity contribution in [2.24, 2.45) is 0 Å². The first-order chi connectivity index (χ1) is 12.1. The van der Waals surface area contributed by atoms with Crippen LogP contribution in [-0.2, 0) is 13.1 Å². The maximum absolute atomic E-state index is 12.7. The van der Waals surface area contributed by atoms with E-state index in [1.54, 1.807) is 30.5 Å². The van der Waals surface area contributed by atoms with Crippen LogP contribution in [0.15, 0.2) is 47.1 Å². The quantitative estimate of drug-likeness (QED) is 0.840. The van der Waals surface area contributed by atoms with Crippen LogP contribution in [0, 0.1) is 0 Å². The number of carboxylic acids is 1. The zero-order valence-electron chi connectivity index (χ0n) is 14.0. The van der Waals surface area contributed by atoms with Crippen LogP contribution in [0.1, 0.15) is 47.4 Å². The molecular weight excluding hydrogens is 320 g/mol. The number of hydrogen-bond donors (Lipinski definition) is 2. The van der Waals surface area contributed by atoms with Crippen molar-refractivity contribution in [2.75, 3.05) is 0 Å². The molecule has 1 fully saturated rings. The molecule has 2 aromatic rings. The summed E-state index contributed by atoms with van der Waals surface area (Å²) in [6, 6.07) is 10.3. The van der Waals surface area contributed by atoms with Gasteiger partial charge in [0, 0.05) is 12.6 Å². The van der Waals surface area contributed by atoms with Gasteiger partial charge in [-0.15, -0.1) is 0 Å². The minimum atomic E-state index is -0.957. The number of nitrogens with zero attached hydrogens (tertiary/aromatic N) is 1. The highest BCUT2D eigenvalue weighted by Gasteiger charge is 2.27. The van der Waals surface area contributed by atoms with Gasteiger partial charge in [-0.25, -0.2) is 9.59 Å². The van der Waals surface area contributed by atoms with Crippen LogP contribution in [0.25, 0.3) is 0 Å². The van der Waals surface area contributed by atoms with Gasteiger partial charge in [0.25, 0.3) is 0 Å². The van der Waals surface area contributed by atoms with Gasteiger partial charge in [-0.3, -0.25) is 0 Å². The Bertz CT molecular complexity index is 704. The number of carbonyl (C=O) groups excluding carboxylic acids is 1. The molecule has 0 unspecified atom stereocenters. The number of nitrogens with one attached hydrogen (secondary N) is 1. The Balaban J connectivity index is 1.62. The van der Waals surface area contributed by atoms with Crippen molar-refractivity contribution < 1.29 is 19.1 Å². The standard InChI is InChI=1S/C19H22N2O4/c22-18(23)15-9-7-14(8-10-15)12-20-19(24)21(16-4-1-2-5-16)13-17-6-3-11-25-17/h3,6-11,16H,1-2,4-5,12-13H2,(H,20,24)(H,22,23). The third-order valence-corrected chi connectivity index (χ3v) is 4.58. The zero-order valence-corrected chi connectivity index (χ0v) is 14.0. The average Bonchev–Trinajstić information content (AvgIpc) is 3.31. The van der Waals surface area contributed by atoms with Gasteiger partial charge in [0.15, 0.2) is 0 Å². The van der Waals surface area contributed by atoms with Crippen LogP contribution in [-0.4, -0.2) is 28.0 Å². The third kappa shape index (κ3) is 4.41. The van der Waals surface area contributed by atoms with Crippen LogP contribution < -0.4 is 5.32 Å². The maximum atomic E-state index is 12.7. The molecule has 1 aromatic heterocycles. The molecule has 2 N–H and O–H groups in total. The van der Waals surface area contributed by atoms with E-state index in [-0.39, 0.29) is 17.6 Å². The minimum Gasteiger partial charge on any atom is -0.478 e. The summed E-state index contributed by atoms with van der Waals surface area (Å²) >= 11 is 0. The van der Waals surface area contributed by atoms with Gasteiger partial charge >= 0.3 is 12.0 Å². The van der Waals surface area contributed by atoms with E-state index in [1.165, 1.54) is 0 Å². The third-order valence-electron chi connectivity index (χ3n) is 4.58. The molecule has 25 heavy (non-hydrogen) atoms. The first-order valence-corrected chi connectivity index (χ1v) is 8.52. The molecule has 1 heterocycles. The Hall–Kier alpha value is -2.76. The van der Waals surface area contributed by atoms with Gasteiger partial charge in [-0.05, 0) is 42.7 Å². The van der Waals surface area contributed by atoms with Crippen LogP contribution >= 0.6 is 0 Å². The number of furan rings is 1. The van der Waals surface area contributed by atoms with Gasteiger partial charge in [-0.1, -0.05) is 25.0 Å². The normalized spacial score (nSPS) is 14.4. The highest BCUT2D eigenvalue weighted by atomic mass is 16.4. The first kappa shape index (κ1) is 17.1. The lowest BCUT2D eigenvalue weighted by atomic mass is 10.1. The summed E-state index contributed by atoms with van der Waals surface area (Å²) in [7, 11) is 0. The smallest absolute Gasteiger partial charge is 0.335 e. The molecule has 0 spiro atoms. The lowest BCUT2D eigenvalue weighted by molar-refractivity contribution is 0.0697. The number of benzene rings is 1. The van der Waals surface area contributed by atoms with Crippen LogP contribution in [0.2, 0.25) is 0 Å². The average molecular weight is 342 g/mol. The van der Waals surface area contributed by atoms with E-state index >= 15 is 0 Å². The Morgan fingerprint density at radius 2 is 1.88 bits per heavy atom. The summed E-state index contributed by atoms with van der Waals surface area (Å²) in [5.74, 6) is -0.186. The number of rotatable bonds is 6. The monoisotopic (exact) mass is 342 g/mol. The van der Waals surface area contributed by atoms with E-state index < -0.39 is 5.97 Å². The molecule has 132 valence electrons. The number of amides is 2. The summed E-state index contributed by atoms with van der Waals surface area (Å²) in [6.45, 7) is 0.821. The van der Waals surface area contributed by atoms with Crippen molar-refractivity contribution in [3.05, 3.63) is 59.5 Å². The molecule has 1 saturated carbocycles. The molecule has 0 aliphatic heterocycles. The van der Waals surface area contributed by atoms with Gasteiger partial charge in [-0.2, -0.15) is 0 Å². The number of carboxylic acid groups (broad SMARTS) is 1. The van der Waals surface area contributed by atoms with E-state index in [0.717, 1.165) is 37.0 Å². The Labute approximate surface area is 146 Å². The van der Waals surface area contributed by atoms with E-state index in [4.69, 9.17) is 9.52 Å². The molecule has 1 aliphatic carbocycles. The SMILES string of the molecule is O=C(O)c1ccc(CNC(=O)N(Cc2ccco2)C2CCCC2)cc1. The molecule has 6 heteroatoms. The second-order valence-electron chi connectivity index (χ2n) is 6.31. The summed E-state index contributed by atoms with van der Waals surface area (Å²) in [5.41, 5.74) is 1.10. The lowest BCUT2D eigenvalue weighted by Crippen LogP contribution is -2.44. The highest BCUT2D eigenvalue weighted by Crippen LogP contribution is 2.25. The number of carbonyl (C=O) groups is 2. The maximum Gasteiger partial charge on any atom is 0.335 e. The Morgan fingerprint density at radius 1 is 1.16 bits per heavy atom. The summed E-state index contributed by atoms with van der Waals surface area (Å²) in [6.07, 6.45) is 5.93. The van der Waals surface area contributed by atoms with Crippen molar-refractivity contribution >= 4 is 12.0 Å². The number of aromatic carboxylic acids is 1. The highest BCUT2D eigenvalue weighted by molar-refractivity contribution is 5.87. The summed E-state index contributed by atoms with van der Waals surface area (Å²) < 4.78 is 5.39. The molecule has 2 amide bonds. The van der Waals surface area contributed by atoms with Crippen LogP contribution in [0.3, 0.4) is 0 Å². The first-order valence-electron chi connectivity index (χ1n) is 8.52. The van der Waals surface area contributed by atoms with Crippen molar-refractivity contribution in [3.63, 3.8) is 0 Å². The molecule has 0 radical (unpaired) electrons. The number of hydrogen-bond acceptors (Lipinski definition) is 3. The Morgan fingerprint density at radius 3 is 2.48 bits per heavy atom. The van der Waals surface area contributed by atoms with Crippen molar-refractivity contribution in [1.29, 1.82) is 0 Å². The fourth-order valence-electron chi connectivity index (χ4n) is 3.20. The second kappa shape index (κ2) is 7.88. The topological polar surface area (TPSA) is 82.8 Å². The predicted molar refractivity (Wildman–Crippen MR) is 92.1 cm³/mol. The molecule has 1 aromatic carbocycles. The molecule has 6 nitrogen and oxygen atoms in total. The molecule has 3 rings (SSSR count). The van der Waals surface area contributed by atoms with Crippen molar-refractivity contribution in [2.45, 2.75) is 44.8 Å². The second-order valence-corrected chi connectivity index (χ2v) is 6.31. The zero-order chi connectivity index (χ0) is 17.6. The van der Waals surface area contributed by atoms with Crippen LogP contribution in [0.4, 0.5) is 4.79 Å². The predicted octanol–water partition coefficient (Wildman–Crippen LogP) is 3.63. The summed E-state index contributed by atoms with van der Waals surface area (Å²) in [5, 5.41) is 11.9. The minimum absolute atomic E-state index is 0.120. The van der Waals surface area contributed by atoms with Gasteiger partial charge < -0.3 is 19.7 Å². The van der Waals surface area contributed by atoms with Crippen molar-refractivity contribution in [3.8, 4) is 0 Å². The molecular formula is C19H22N2O4. The van der Waals surface area contributed by atoms with Gasteiger partial charge in [0.05, 0.1) is 18.4 Å². The van der Waals surface area contributed by atoms with E-state index in [9.17, 15) is 9.59 Å². The largest absolute Gasteiger partial charge is 0.478 e. The molecule has 0 saturated heterocycles. The van der Waals surface area contributed by atoms with Gasteiger partial charge in [0.2, 0.25) is 0 Å². The van der Waals surface area contributed by atoms with Gasteiger partial charge in [0.1, 0.15) is 5.76 Å². The summed E-state index contributed by atoms with van der Waals surface area (Å²) in [4.78, 5) is 25.4. The van der Waals surface area contributed by atoms with E-state index in [0.29, 0.717) is 13.1 Å². The fraction of sp³-hybridized carbons (Fsp3) is 0.368. The molecule has 0 bridgehead atoms. The van der Waals surface area contributed by atoms with Crippen LogP contribution in [0.5, 0.6) is 0 Å². The van der Waals surface area contributed by atoms with Crippen molar-refractivity contribution in [1.82, 2.24) is 10.2 Å². The molecule has 1 aliphatic rings. The fourth-order valence-corrected chi connectivity index (χ4v) is 3.20. The van der Waals surface area contributed by atoms with E-state index in [1.807, 2.05) is 17.0 Å². The van der Waals surface area contributed by atoms with E-state index in [2.05, 4.69) is 5.32 Å².